The number of hydrogen-bond acceptors (Lipinski definition) is 3. The molecule has 0 radical (unpaired) electrons. The zero-order valence-corrected chi connectivity index (χ0v) is 10.3. The number of halogens is 1. The topological polar surface area (TPSA) is 54.9 Å². The molecule has 0 spiro atoms. The van der Waals surface area contributed by atoms with E-state index < -0.39 is 0 Å². The highest BCUT2D eigenvalue weighted by Gasteiger charge is 2.07. The van der Waals surface area contributed by atoms with Gasteiger partial charge in [0.1, 0.15) is 5.15 Å². The molecule has 0 aliphatic rings. The minimum atomic E-state index is -0.205. The van der Waals surface area contributed by atoms with Crippen LogP contribution in [-0.2, 0) is 4.79 Å². The molecule has 1 aromatic heterocycles. The summed E-state index contributed by atoms with van der Waals surface area (Å²) in [6.07, 6.45) is 2.65. The van der Waals surface area contributed by atoms with Crippen molar-refractivity contribution >= 4 is 23.5 Å². The van der Waals surface area contributed by atoms with E-state index in [4.69, 9.17) is 11.6 Å². The van der Waals surface area contributed by atoms with E-state index in [2.05, 4.69) is 15.3 Å². The summed E-state index contributed by atoms with van der Waals surface area (Å²) in [6.45, 7) is 5.50. The summed E-state index contributed by atoms with van der Waals surface area (Å²) in [4.78, 5) is 19.6. The monoisotopic (exact) mass is 239 g/mol. The van der Waals surface area contributed by atoms with Gasteiger partial charge in [-0.3, -0.25) is 10.1 Å². The maximum Gasteiger partial charge on any atom is 0.253 e. The molecule has 1 amide bonds. The number of aryl methyl sites for hydroxylation is 1. The molecule has 4 nitrogen and oxygen atoms in total. The van der Waals surface area contributed by atoms with Gasteiger partial charge in [-0.1, -0.05) is 24.6 Å². The molecule has 1 heterocycles. The molecule has 0 bridgehead atoms. The van der Waals surface area contributed by atoms with Crippen LogP contribution in [0.5, 0.6) is 0 Å². The highest BCUT2D eigenvalue weighted by Crippen LogP contribution is 2.10. The van der Waals surface area contributed by atoms with Gasteiger partial charge in [0.05, 0.1) is 0 Å². The van der Waals surface area contributed by atoms with E-state index >= 15 is 0 Å². The van der Waals surface area contributed by atoms with Crippen molar-refractivity contribution in [2.45, 2.75) is 27.2 Å². The van der Waals surface area contributed by atoms with E-state index in [0.29, 0.717) is 16.4 Å². The molecule has 5 heteroatoms. The molecule has 0 aromatic carbocycles. The number of aromatic nitrogens is 2. The Balaban J connectivity index is 2.81. The summed E-state index contributed by atoms with van der Waals surface area (Å²) in [5, 5.41) is 2.91. The zero-order chi connectivity index (χ0) is 12.1. The SMILES string of the molecule is CC/C=C(/C)C(=O)Nc1nc(C)cc(Cl)n1. The second kappa shape index (κ2) is 5.61. The fourth-order valence-corrected chi connectivity index (χ4v) is 1.42. The molecular weight excluding hydrogens is 226 g/mol. The quantitative estimate of drug-likeness (QED) is 0.652. The molecule has 0 atom stereocenters. The van der Waals surface area contributed by atoms with Gasteiger partial charge in [0, 0.05) is 11.3 Å². The first-order chi connectivity index (χ1) is 7.52. The number of rotatable bonds is 3. The molecule has 0 aliphatic heterocycles. The number of carbonyl (C=O) groups excluding carboxylic acids is 1. The third kappa shape index (κ3) is 3.62. The predicted molar refractivity (Wildman–Crippen MR) is 64.5 cm³/mol. The largest absolute Gasteiger partial charge is 0.291 e. The Morgan fingerprint density at radius 2 is 2.25 bits per heavy atom. The minimum Gasteiger partial charge on any atom is -0.291 e. The molecule has 0 saturated heterocycles. The maximum atomic E-state index is 11.6. The molecular formula is C11H14ClN3O. The predicted octanol–water partition coefficient (Wildman–Crippen LogP) is 2.73. The Labute approximate surface area is 99.8 Å². The number of hydrogen-bond donors (Lipinski definition) is 1. The van der Waals surface area contributed by atoms with Gasteiger partial charge in [0.2, 0.25) is 5.95 Å². The van der Waals surface area contributed by atoms with Gasteiger partial charge in [-0.2, -0.15) is 0 Å². The number of amides is 1. The van der Waals surface area contributed by atoms with Gasteiger partial charge in [-0.15, -0.1) is 0 Å². The van der Waals surface area contributed by atoms with E-state index in [1.54, 1.807) is 19.9 Å². The average molecular weight is 240 g/mol. The van der Waals surface area contributed by atoms with Crippen LogP contribution in [-0.4, -0.2) is 15.9 Å². The number of carbonyl (C=O) groups is 1. The van der Waals surface area contributed by atoms with Crippen molar-refractivity contribution in [3.05, 3.63) is 28.6 Å². The van der Waals surface area contributed by atoms with Crippen molar-refractivity contribution < 1.29 is 4.79 Å². The molecule has 0 fully saturated rings. The van der Waals surface area contributed by atoms with Gasteiger partial charge in [-0.05, 0) is 26.3 Å². The number of nitrogens with one attached hydrogen (secondary N) is 1. The summed E-state index contributed by atoms with van der Waals surface area (Å²) < 4.78 is 0. The minimum absolute atomic E-state index is 0.205. The summed E-state index contributed by atoms with van der Waals surface area (Å²) in [5.41, 5.74) is 1.36. The Bertz CT molecular complexity index is 409. The lowest BCUT2D eigenvalue weighted by molar-refractivity contribution is -0.112. The molecule has 0 unspecified atom stereocenters. The van der Waals surface area contributed by atoms with Crippen LogP contribution in [0.1, 0.15) is 26.0 Å². The van der Waals surface area contributed by atoms with Crippen LogP contribution < -0.4 is 5.32 Å². The van der Waals surface area contributed by atoms with Gasteiger partial charge in [0.25, 0.3) is 5.91 Å². The van der Waals surface area contributed by atoms with Crippen molar-refractivity contribution in [3.63, 3.8) is 0 Å². The lowest BCUT2D eigenvalue weighted by Crippen LogP contribution is -2.15. The van der Waals surface area contributed by atoms with Crippen molar-refractivity contribution in [1.82, 2.24) is 9.97 Å². The van der Waals surface area contributed by atoms with E-state index in [-0.39, 0.29) is 11.9 Å². The molecule has 16 heavy (non-hydrogen) atoms. The van der Waals surface area contributed by atoms with Crippen molar-refractivity contribution in [2.24, 2.45) is 0 Å². The summed E-state index contributed by atoms with van der Waals surface area (Å²) in [5.74, 6) is 0.0300. The molecule has 1 N–H and O–H groups in total. The van der Waals surface area contributed by atoms with Gasteiger partial charge >= 0.3 is 0 Å². The maximum absolute atomic E-state index is 11.6. The van der Waals surface area contributed by atoms with Crippen LogP contribution in [0.3, 0.4) is 0 Å². The Morgan fingerprint density at radius 1 is 1.56 bits per heavy atom. The van der Waals surface area contributed by atoms with E-state index in [1.165, 1.54) is 0 Å². The van der Waals surface area contributed by atoms with Crippen LogP contribution in [0.4, 0.5) is 5.95 Å². The van der Waals surface area contributed by atoms with Crippen LogP contribution in [0.2, 0.25) is 5.15 Å². The van der Waals surface area contributed by atoms with Gasteiger partial charge in [0.15, 0.2) is 0 Å². The molecule has 0 saturated carbocycles. The van der Waals surface area contributed by atoms with Crippen molar-refractivity contribution in [1.29, 1.82) is 0 Å². The van der Waals surface area contributed by atoms with Crippen molar-refractivity contribution in [2.75, 3.05) is 5.32 Å². The fourth-order valence-electron chi connectivity index (χ4n) is 1.19. The first kappa shape index (κ1) is 12.6. The van der Waals surface area contributed by atoms with E-state index in [0.717, 1.165) is 6.42 Å². The van der Waals surface area contributed by atoms with Crippen LogP contribution in [0.15, 0.2) is 17.7 Å². The summed E-state index contributed by atoms with van der Waals surface area (Å²) in [6, 6.07) is 1.63. The second-order valence-corrected chi connectivity index (χ2v) is 3.79. The highest BCUT2D eigenvalue weighted by molar-refractivity contribution is 6.29. The fraction of sp³-hybridized carbons (Fsp3) is 0.364. The summed E-state index contributed by atoms with van der Waals surface area (Å²) >= 11 is 5.76. The Morgan fingerprint density at radius 3 is 2.81 bits per heavy atom. The van der Waals surface area contributed by atoms with Crippen LogP contribution in [0.25, 0.3) is 0 Å². The lowest BCUT2D eigenvalue weighted by Gasteiger charge is -2.04. The lowest BCUT2D eigenvalue weighted by atomic mass is 10.2. The van der Waals surface area contributed by atoms with Gasteiger partial charge < -0.3 is 0 Å². The standard InChI is InChI=1S/C11H14ClN3O/c1-4-5-7(2)10(16)15-11-13-8(3)6-9(12)14-11/h5-6H,4H2,1-3H3,(H,13,14,15,16)/b7-5-. The van der Waals surface area contributed by atoms with Gasteiger partial charge in [-0.25, -0.2) is 9.97 Å². The summed E-state index contributed by atoms with van der Waals surface area (Å²) in [7, 11) is 0. The first-order valence-corrected chi connectivity index (χ1v) is 5.40. The number of anilines is 1. The smallest absolute Gasteiger partial charge is 0.253 e. The third-order valence-electron chi connectivity index (χ3n) is 1.92. The van der Waals surface area contributed by atoms with E-state index in [1.807, 2.05) is 13.0 Å². The Hall–Kier alpha value is -1.42. The molecule has 1 aromatic rings. The molecule has 1 rings (SSSR count). The van der Waals surface area contributed by atoms with Crippen LogP contribution in [0, 0.1) is 6.92 Å². The second-order valence-electron chi connectivity index (χ2n) is 3.41. The molecule has 0 aliphatic carbocycles. The Kier molecular flexibility index (Phi) is 4.43. The number of nitrogens with zero attached hydrogens (tertiary/aromatic N) is 2. The average Bonchev–Trinajstić information content (AvgIpc) is 2.16. The number of allylic oxidation sites excluding steroid dienone is 1. The molecule has 86 valence electrons. The third-order valence-corrected chi connectivity index (χ3v) is 2.11. The zero-order valence-electron chi connectivity index (χ0n) is 9.54. The van der Waals surface area contributed by atoms with Crippen molar-refractivity contribution in [3.8, 4) is 0 Å². The first-order valence-electron chi connectivity index (χ1n) is 5.02. The van der Waals surface area contributed by atoms with Crippen LogP contribution >= 0.6 is 11.6 Å². The van der Waals surface area contributed by atoms with E-state index in [9.17, 15) is 4.79 Å². The highest BCUT2D eigenvalue weighted by atomic mass is 35.5. The normalized spacial score (nSPS) is 11.4.